The first-order valence-electron chi connectivity index (χ1n) is 8.19. The van der Waals surface area contributed by atoms with Gasteiger partial charge in [-0.2, -0.15) is 0 Å². The molecule has 3 aromatic rings. The van der Waals surface area contributed by atoms with Crippen molar-refractivity contribution < 1.29 is 23.8 Å². The smallest absolute Gasteiger partial charge is 0.159 e. The van der Waals surface area contributed by atoms with Crippen molar-refractivity contribution in [2.45, 2.75) is 13.8 Å². The summed E-state index contributed by atoms with van der Waals surface area (Å²) in [6, 6.07) is 18.9. The van der Waals surface area contributed by atoms with Crippen LogP contribution in [0.1, 0.15) is 34.6 Å². The lowest BCUT2D eigenvalue weighted by Crippen LogP contribution is -1.92. The van der Waals surface area contributed by atoms with Gasteiger partial charge in [0.05, 0.1) is 0 Å². The maximum atomic E-state index is 12.9. The van der Waals surface area contributed by atoms with Crippen molar-refractivity contribution in [2.24, 2.45) is 0 Å². The van der Waals surface area contributed by atoms with E-state index in [1.807, 2.05) is 0 Å². The van der Waals surface area contributed by atoms with Crippen molar-refractivity contribution in [3.8, 4) is 17.2 Å². The number of rotatable bonds is 4. The second kappa shape index (κ2) is 9.29. The van der Waals surface area contributed by atoms with Crippen molar-refractivity contribution in [1.82, 2.24) is 0 Å². The van der Waals surface area contributed by atoms with E-state index in [4.69, 9.17) is 9.84 Å². The molecule has 0 radical (unpaired) electrons. The van der Waals surface area contributed by atoms with Crippen LogP contribution in [0, 0.1) is 5.82 Å². The predicted molar refractivity (Wildman–Crippen MR) is 101 cm³/mol. The van der Waals surface area contributed by atoms with Gasteiger partial charge >= 0.3 is 0 Å². The van der Waals surface area contributed by atoms with Crippen LogP contribution in [0.25, 0.3) is 0 Å². The Morgan fingerprint density at radius 2 is 1.30 bits per heavy atom. The number of carbonyl (C=O) groups is 2. The summed E-state index contributed by atoms with van der Waals surface area (Å²) in [5, 5.41) is 8.91. The number of phenolic OH excluding ortho intramolecular Hbond substituents is 1. The summed E-state index contributed by atoms with van der Waals surface area (Å²) in [5.74, 6) is 0.637. The van der Waals surface area contributed by atoms with Gasteiger partial charge in [-0.3, -0.25) is 9.59 Å². The molecule has 0 bridgehead atoms. The summed E-state index contributed by atoms with van der Waals surface area (Å²) in [4.78, 5) is 21.9. The molecule has 0 aliphatic carbocycles. The molecule has 5 heteroatoms. The number of hydrogen-bond donors (Lipinski definition) is 1. The van der Waals surface area contributed by atoms with Gasteiger partial charge in [0, 0.05) is 17.2 Å². The van der Waals surface area contributed by atoms with Gasteiger partial charge in [-0.1, -0.05) is 30.3 Å². The molecule has 138 valence electrons. The van der Waals surface area contributed by atoms with Crippen LogP contribution >= 0.6 is 0 Å². The first-order valence-corrected chi connectivity index (χ1v) is 8.19. The third-order valence-corrected chi connectivity index (χ3v) is 3.53. The topological polar surface area (TPSA) is 63.6 Å². The number of hydrogen-bond acceptors (Lipinski definition) is 4. The largest absolute Gasteiger partial charge is 0.508 e. The monoisotopic (exact) mass is 366 g/mol. The Morgan fingerprint density at radius 3 is 1.81 bits per heavy atom. The Bertz CT molecular complexity index is 950. The summed E-state index contributed by atoms with van der Waals surface area (Å²) in [7, 11) is 0. The van der Waals surface area contributed by atoms with Gasteiger partial charge in [-0.05, 0) is 50.2 Å². The molecule has 27 heavy (non-hydrogen) atoms. The Morgan fingerprint density at radius 1 is 0.778 bits per heavy atom. The van der Waals surface area contributed by atoms with E-state index < -0.39 is 0 Å². The Kier molecular flexibility index (Phi) is 6.83. The first kappa shape index (κ1) is 19.8. The normalized spacial score (nSPS) is 9.74. The molecule has 0 amide bonds. The third-order valence-electron chi connectivity index (χ3n) is 3.53. The van der Waals surface area contributed by atoms with Gasteiger partial charge < -0.3 is 9.84 Å². The molecule has 0 atom stereocenters. The van der Waals surface area contributed by atoms with Crippen molar-refractivity contribution in [2.75, 3.05) is 0 Å². The first-order chi connectivity index (χ1) is 12.8. The van der Waals surface area contributed by atoms with Crippen molar-refractivity contribution in [1.29, 1.82) is 0 Å². The van der Waals surface area contributed by atoms with Gasteiger partial charge in [0.1, 0.15) is 23.1 Å². The van der Waals surface area contributed by atoms with Gasteiger partial charge in [0.15, 0.2) is 11.6 Å². The Labute approximate surface area is 156 Å². The zero-order valence-electron chi connectivity index (χ0n) is 15.0. The number of carbonyl (C=O) groups excluding carboxylic acids is 2. The highest BCUT2D eigenvalue weighted by atomic mass is 19.1. The van der Waals surface area contributed by atoms with Crippen molar-refractivity contribution in [3.05, 3.63) is 89.7 Å². The highest BCUT2D eigenvalue weighted by Gasteiger charge is 2.03. The van der Waals surface area contributed by atoms with E-state index in [0.29, 0.717) is 22.6 Å². The van der Waals surface area contributed by atoms with E-state index in [-0.39, 0.29) is 23.1 Å². The van der Waals surface area contributed by atoms with Crippen molar-refractivity contribution >= 4 is 11.6 Å². The fourth-order valence-corrected chi connectivity index (χ4v) is 2.17. The van der Waals surface area contributed by atoms with Crippen LogP contribution in [0.15, 0.2) is 72.8 Å². The minimum absolute atomic E-state index is 0.0316. The van der Waals surface area contributed by atoms with Gasteiger partial charge in [-0.25, -0.2) is 4.39 Å². The molecule has 0 heterocycles. The molecule has 0 aliphatic rings. The molecule has 1 N–H and O–H groups in total. The van der Waals surface area contributed by atoms with Crippen LogP contribution in [0.5, 0.6) is 17.2 Å². The lowest BCUT2D eigenvalue weighted by Gasteiger charge is -2.06. The minimum atomic E-state index is -0.356. The molecule has 3 rings (SSSR count). The quantitative estimate of drug-likeness (QED) is 0.627. The average Bonchev–Trinajstić information content (AvgIpc) is 2.62. The lowest BCUT2D eigenvalue weighted by atomic mass is 10.1. The molecular formula is C22H19FO4. The number of benzene rings is 3. The minimum Gasteiger partial charge on any atom is -0.508 e. The van der Waals surface area contributed by atoms with Crippen LogP contribution < -0.4 is 4.74 Å². The molecule has 0 fully saturated rings. The summed E-state index contributed by atoms with van der Waals surface area (Å²) < 4.78 is 18.4. The highest BCUT2D eigenvalue weighted by molar-refractivity contribution is 5.94. The summed E-state index contributed by atoms with van der Waals surface area (Å²) in [6.45, 7) is 2.95. The van der Waals surface area contributed by atoms with Crippen LogP contribution in [0.3, 0.4) is 0 Å². The van der Waals surface area contributed by atoms with Gasteiger partial charge in [-0.15, -0.1) is 0 Å². The van der Waals surface area contributed by atoms with E-state index >= 15 is 0 Å². The van der Waals surface area contributed by atoms with E-state index in [1.54, 1.807) is 48.5 Å². The maximum absolute atomic E-state index is 12.9. The molecular weight excluding hydrogens is 347 g/mol. The standard InChI is InChI=1S/C14H11FO2.C8H8O2/c1-10(16)11-4-2-6-13(8-11)17-14-7-3-5-12(15)9-14;1-6(9)7-3-2-4-8(10)5-7/h2-9H,1H3;2-5,10H,1H3. The van der Waals surface area contributed by atoms with E-state index in [9.17, 15) is 14.0 Å². The zero-order chi connectivity index (χ0) is 19.8. The average molecular weight is 366 g/mol. The molecule has 0 aromatic heterocycles. The van der Waals surface area contributed by atoms with Crippen LogP contribution in [0.4, 0.5) is 4.39 Å². The number of ketones is 2. The molecule has 0 saturated heterocycles. The summed E-state index contributed by atoms with van der Waals surface area (Å²) in [6.07, 6.45) is 0. The number of Topliss-reactive ketones (excluding diaryl/α,β-unsaturated/α-hetero) is 2. The van der Waals surface area contributed by atoms with E-state index in [1.165, 1.54) is 38.1 Å². The fraction of sp³-hybridized carbons (Fsp3) is 0.0909. The summed E-state index contributed by atoms with van der Waals surface area (Å²) >= 11 is 0. The Hall–Kier alpha value is -3.47. The third kappa shape index (κ3) is 6.40. The Balaban J connectivity index is 0.000000223. The van der Waals surface area contributed by atoms with Crippen LogP contribution in [-0.4, -0.2) is 16.7 Å². The number of halogens is 1. The SMILES string of the molecule is CC(=O)c1cccc(O)c1.CC(=O)c1cccc(Oc2cccc(F)c2)c1. The highest BCUT2D eigenvalue weighted by Crippen LogP contribution is 2.22. The van der Waals surface area contributed by atoms with Crippen molar-refractivity contribution in [3.63, 3.8) is 0 Å². The number of phenols is 1. The lowest BCUT2D eigenvalue weighted by molar-refractivity contribution is 0.100. The predicted octanol–water partition coefficient (Wildman–Crippen LogP) is 5.42. The summed E-state index contributed by atoms with van der Waals surface area (Å²) in [5.41, 5.74) is 1.11. The molecule has 3 aromatic carbocycles. The number of aromatic hydroxyl groups is 1. The van der Waals surface area contributed by atoms with Gasteiger partial charge in [0.25, 0.3) is 0 Å². The molecule has 0 aliphatic heterocycles. The van der Waals surface area contributed by atoms with Crippen LogP contribution in [0.2, 0.25) is 0 Å². The second-order valence-electron chi connectivity index (χ2n) is 5.75. The maximum Gasteiger partial charge on any atom is 0.159 e. The van der Waals surface area contributed by atoms with Crippen LogP contribution in [-0.2, 0) is 0 Å². The van der Waals surface area contributed by atoms with Gasteiger partial charge in [0.2, 0.25) is 0 Å². The second-order valence-corrected chi connectivity index (χ2v) is 5.75. The fourth-order valence-electron chi connectivity index (χ4n) is 2.17. The number of ether oxygens (including phenoxy) is 1. The van der Waals surface area contributed by atoms with E-state index in [2.05, 4.69) is 0 Å². The molecule has 0 spiro atoms. The molecule has 0 saturated carbocycles. The molecule has 4 nitrogen and oxygen atoms in total. The zero-order valence-corrected chi connectivity index (χ0v) is 15.0. The van der Waals surface area contributed by atoms with E-state index in [0.717, 1.165) is 0 Å². The molecule has 0 unspecified atom stereocenters.